The molecule has 1 atom stereocenters. The molecule has 2 aliphatic rings. The predicted octanol–water partition coefficient (Wildman–Crippen LogP) is 6.09. The zero-order valence-electron chi connectivity index (χ0n) is 25.6. The molecule has 0 saturated carbocycles. The van der Waals surface area contributed by atoms with Crippen LogP contribution >= 0.6 is 11.6 Å². The molecule has 44 heavy (non-hydrogen) atoms. The van der Waals surface area contributed by atoms with Gasteiger partial charge in [-0.2, -0.15) is 0 Å². The molecule has 1 N–H and O–H groups in total. The number of benzene rings is 3. The monoisotopic (exact) mass is 613 g/mol. The Bertz CT molecular complexity index is 1480. The van der Waals surface area contributed by atoms with E-state index in [4.69, 9.17) is 21.1 Å². The van der Waals surface area contributed by atoms with E-state index >= 15 is 0 Å². The van der Waals surface area contributed by atoms with Gasteiger partial charge in [0.05, 0.1) is 36.8 Å². The molecule has 2 heterocycles. The third-order valence-electron chi connectivity index (χ3n) is 8.42. The molecule has 0 bridgehead atoms. The number of halogens is 1. The number of nitrogens with zero attached hydrogens (tertiary/aromatic N) is 2. The van der Waals surface area contributed by atoms with Gasteiger partial charge in [0.25, 0.3) is 0 Å². The molecule has 0 amide bonds. The van der Waals surface area contributed by atoms with E-state index in [1.165, 1.54) is 18.2 Å². The number of methoxy groups -OCH3 is 1. The number of carbonyl (C=O) groups is 2. The Hall–Kier alpha value is -3.91. The Balaban J connectivity index is 1.19. The molecule has 5 rings (SSSR count). The quantitative estimate of drug-likeness (QED) is 0.219. The van der Waals surface area contributed by atoms with E-state index in [2.05, 4.69) is 75.8 Å². The average Bonchev–Trinajstić information content (AvgIpc) is 3.04. The highest BCUT2D eigenvalue weighted by Crippen LogP contribution is 2.40. The first kappa shape index (κ1) is 31.5. The SMILES string of the molecule is COC(=O)C1=C(C)NC(C)=C(C(=O)OCCCN2CCN(C(c3ccccc3)c3ccccc3)CC2)C1c1cccc(Cl)c1. The number of dihydropyridines is 1. The van der Waals surface area contributed by atoms with E-state index < -0.39 is 17.9 Å². The molecule has 0 radical (unpaired) electrons. The van der Waals surface area contributed by atoms with Gasteiger partial charge >= 0.3 is 11.9 Å². The molecule has 0 spiro atoms. The van der Waals surface area contributed by atoms with Crippen LogP contribution in [-0.4, -0.2) is 68.2 Å². The lowest BCUT2D eigenvalue weighted by Gasteiger charge is -2.39. The van der Waals surface area contributed by atoms with Crippen molar-refractivity contribution in [3.63, 3.8) is 0 Å². The highest BCUT2D eigenvalue weighted by molar-refractivity contribution is 6.30. The van der Waals surface area contributed by atoms with Gasteiger partial charge in [-0.1, -0.05) is 84.4 Å². The Labute approximate surface area is 265 Å². The van der Waals surface area contributed by atoms with Crippen molar-refractivity contribution in [2.75, 3.05) is 46.4 Å². The fourth-order valence-electron chi connectivity index (χ4n) is 6.33. The summed E-state index contributed by atoms with van der Waals surface area (Å²) < 4.78 is 10.9. The third kappa shape index (κ3) is 7.24. The van der Waals surface area contributed by atoms with Crippen molar-refractivity contribution in [3.8, 4) is 0 Å². The van der Waals surface area contributed by atoms with E-state index in [1.54, 1.807) is 19.1 Å². The summed E-state index contributed by atoms with van der Waals surface area (Å²) in [5.74, 6) is -1.60. The van der Waals surface area contributed by atoms with Gasteiger partial charge in [0, 0.05) is 49.1 Å². The maximum atomic E-state index is 13.5. The summed E-state index contributed by atoms with van der Waals surface area (Å²) in [7, 11) is 1.34. The summed E-state index contributed by atoms with van der Waals surface area (Å²) in [6, 6.07) is 28.8. The van der Waals surface area contributed by atoms with Gasteiger partial charge in [-0.3, -0.25) is 4.90 Å². The molecule has 2 aliphatic heterocycles. The molecule has 230 valence electrons. The highest BCUT2D eigenvalue weighted by atomic mass is 35.5. The maximum absolute atomic E-state index is 13.5. The van der Waals surface area contributed by atoms with E-state index in [0.29, 0.717) is 34.0 Å². The fourth-order valence-corrected chi connectivity index (χ4v) is 6.52. The number of esters is 2. The van der Waals surface area contributed by atoms with Crippen LogP contribution in [0.25, 0.3) is 0 Å². The Morgan fingerprint density at radius 2 is 1.43 bits per heavy atom. The van der Waals surface area contributed by atoms with Gasteiger partial charge in [0.1, 0.15) is 0 Å². The molecule has 0 aliphatic carbocycles. The summed E-state index contributed by atoms with van der Waals surface area (Å²) in [5.41, 5.74) is 5.38. The van der Waals surface area contributed by atoms with Crippen LogP contribution in [0.5, 0.6) is 0 Å². The largest absolute Gasteiger partial charge is 0.466 e. The number of allylic oxidation sites excluding steroid dienone is 2. The van der Waals surface area contributed by atoms with E-state index in [9.17, 15) is 9.59 Å². The second-order valence-electron chi connectivity index (χ2n) is 11.3. The van der Waals surface area contributed by atoms with Gasteiger partial charge in [0.2, 0.25) is 0 Å². The number of nitrogens with one attached hydrogen (secondary N) is 1. The summed E-state index contributed by atoms with van der Waals surface area (Å²) in [6.07, 6.45) is 0.715. The first-order chi connectivity index (χ1) is 21.4. The smallest absolute Gasteiger partial charge is 0.336 e. The topological polar surface area (TPSA) is 71.1 Å². The lowest BCUT2D eigenvalue weighted by atomic mass is 9.80. The van der Waals surface area contributed by atoms with Crippen LogP contribution in [0.4, 0.5) is 0 Å². The second-order valence-corrected chi connectivity index (χ2v) is 11.7. The first-order valence-corrected chi connectivity index (χ1v) is 15.5. The number of hydrogen-bond donors (Lipinski definition) is 1. The van der Waals surface area contributed by atoms with Crippen molar-refractivity contribution < 1.29 is 19.1 Å². The molecule has 3 aromatic carbocycles. The lowest BCUT2D eigenvalue weighted by Crippen LogP contribution is -2.48. The molecule has 0 aromatic heterocycles. The van der Waals surface area contributed by atoms with Crippen LogP contribution in [0.1, 0.15) is 48.9 Å². The minimum atomic E-state index is -0.648. The molecule has 8 heteroatoms. The van der Waals surface area contributed by atoms with Crippen molar-refractivity contribution in [2.24, 2.45) is 0 Å². The summed E-state index contributed by atoms with van der Waals surface area (Å²) in [5, 5.41) is 3.70. The van der Waals surface area contributed by atoms with Crippen LogP contribution in [-0.2, 0) is 19.1 Å². The lowest BCUT2D eigenvalue weighted by molar-refractivity contribution is -0.139. The highest BCUT2D eigenvalue weighted by Gasteiger charge is 2.38. The third-order valence-corrected chi connectivity index (χ3v) is 8.66. The predicted molar refractivity (Wildman–Crippen MR) is 173 cm³/mol. The Morgan fingerprint density at radius 1 is 0.841 bits per heavy atom. The molecular weight excluding hydrogens is 574 g/mol. The molecule has 3 aromatic rings. The van der Waals surface area contributed by atoms with Crippen LogP contribution in [0, 0.1) is 0 Å². The first-order valence-electron chi connectivity index (χ1n) is 15.1. The second kappa shape index (κ2) is 14.7. The Morgan fingerprint density at radius 3 is 2.00 bits per heavy atom. The van der Waals surface area contributed by atoms with E-state index in [-0.39, 0.29) is 12.6 Å². The molecule has 1 unspecified atom stereocenters. The van der Waals surface area contributed by atoms with Gasteiger partial charge in [-0.05, 0) is 49.1 Å². The van der Waals surface area contributed by atoms with Crippen molar-refractivity contribution in [1.82, 2.24) is 15.1 Å². The molecule has 7 nitrogen and oxygen atoms in total. The number of piperazine rings is 1. The van der Waals surface area contributed by atoms with Gasteiger partial charge < -0.3 is 19.7 Å². The minimum Gasteiger partial charge on any atom is -0.466 e. The van der Waals surface area contributed by atoms with Crippen molar-refractivity contribution in [2.45, 2.75) is 32.2 Å². The van der Waals surface area contributed by atoms with Crippen molar-refractivity contribution in [3.05, 3.63) is 129 Å². The Kier molecular flexibility index (Phi) is 10.5. The number of rotatable bonds is 10. The standard InChI is InChI=1S/C36H40ClN3O4/c1-25-31(35(41)43-3)33(29-16-10-17-30(37)24-29)32(26(2)38-25)36(42)44-23-11-18-39-19-21-40(22-20-39)34(27-12-6-4-7-13-27)28-14-8-5-9-15-28/h4-10,12-17,24,33-34,38H,11,18-23H2,1-3H3. The van der Waals surface area contributed by atoms with E-state index in [0.717, 1.165) is 38.3 Å². The molecular formula is C36H40ClN3O4. The number of ether oxygens (including phenoxy) is 2. The summed E-state index contributed by atoms with van der Waals surface area (Å²) in [6.45, 7) is 8.54. The van der Waals surface area contributed by atoms with Crippen LogP contribution in [0.3, 0.4) is 0 Å². The normalized spacial score (nSPS) is 17.9. The zero-order chi connectivity index (χ0) is 31.1. The number of hydrogen-bond acceptors (Lipinski definition) is 7. The summed E-state index contributed by atoms with van der Waals surface area (Å²) >= 11 is 6.30. The van der Waals surface area contributed by atoms with Gasteiger partial charge in [0.15, 0.2) is 0 Å². The number of carbonyl (C=O) groups excluding carboxylic acids is 2. The fraction of sp³-hybridized carbons (Fsp3) is 0.333. The molecule has 1 fully saturated rings. The minimum absolute atomic E-state index is 0.223. The van der Waals surface area contributed by atoms with Crippen LogP contribution in [0.2, 0.25) is 5.02 Å². The average molecular weight is 614 g/mol. The van der Waals surface area contributed by atoms with E-state index in [1.807, 2.05) is 19.1 Å². The van der Waals surface area contributed by atoms with Crippen LogP contribution in [0.15, 0.2) is 107 Å². The van der Waals surface area contributed by atoms with Crippen molar-refractivity contribution in [1.29, 1.82) is 0 Å². The van der Waals surface area contributed by atoms with Gasteiger partial charge in [-0.25, -0.2) is 9.59 Å². The van der Waals surface area contributed by atoms with Crippen molar-refractivity contribution >= 4 is 23.5 Å². The maximum Gasteiger partial charge on any atom is 0.336 e. The van der Waals surface area contributed by atoms with Gasteiger partial charge in [-0.15, -0.1) is 0 Å². The zero-order valence-corrected chi connectivity index (χ0v) is 26.3. The molecule has 1 saturated heterocycles. The van der Waals surface area contributed by atoms with Crippen LogP contribution < -0.4 is 5.32 Å². The summed E-state index contributed by atoms with van der Waals surface area (Å²) in [4.78, 5) is 31.4.